The molecular weight excluding hydrogens is 363 g/mol. The van der Waals surface area contributed by atoms with Crippen LogP contribution in [0.2, 0.25) is 0 Å². The van der Waals surface area contributed by atoms with E-state index in [1.807, 2.05) is 0 Å². The number of nitrogens with one attached hydrogen (secondary N) is 1. The maximum atomic E-state index is 13.0. The highest BCUT2D eigenvalue weighted by Crippen LogP contribution is 2.45. The number of rotatable bonds is 5. The van der Waals surface area contributed by atoms with Crippen molar-refractivity contribution >= 4 is 22.4 Å². The summed E-state index contributed by atoms with van der Waals surface area (Å²) in [6.07, 6.45) is -3.15. The Labute approximate surface area is 152 Å². The second-order valence-electron chi connectivity index (χ2n) is 5.47. The van der Waals surface area contributed by atoms with Crippen LogP contribution < -0.4 is 19.5 Å². The second kappa shape index (κ2) is 7.18. The first kappa shape index (κ1) is 18.6. The van der Waals surface area contributed by atoms with Crippen LogP contribution in [0.25, 0.3) is 10.9 Å². The van der Waals surface area contributed by atoms with Crippen molar-refractivity contribution in [2.24, 2.45) is 0 Å². The van der Waals surface area contributed by atoms with Crippen LogP contribution in [0.5, 0.6) is 17.2 Å². The lowest BCUT2D eigenvalue weighted by Gasteiger charge is -2.17. The van der Waals surface area contributed by atoms with Crippen LogP contribution in [-0.4, -0.2) is 31.3 Å². The average molecular weight is 379 g/mol. The number of halogens is 3. The third-order valence-corrected chi connectivity index (χ3v) is 3.88. The number of hydrogen-bond donors (Lipinski definition) is 1. The summed E-state index contributed by atoms with van der Waals surface area (Å²) >= 11 is 0. The molecule has 0 radical (unpaired) electrons. The predicted molar refractivity (Wildman–Crippen MR) is 93.9 cm³/mol. The fraction of sp³-hybridized carbons (Fsp3) is 0.222. The number of aromatic nitrogens is 2. The monoisotopic (exact) mass is 379 g/mol. The molecule has 0 atom stereocenters. The van der Waals surface area contributed by atoms with Gasteiger partial charge in [-0.15, -0.1) is 0 Å². The molecule has 0 aliphatic heterocycles. The van der Waals surface area contributed by atoms with Gasteiger partial charge in [-0.1, -0.05) is 6.07 Å². The molecule has 1 aromatic heterocycles. The average Bonchev–Trinajstić information content (AvgIpc) is 2.66. The van der Waals surface area contributed by atoms with Gasteiger partial charge in [-0.25, -0.2) is 9.97 Å². The molecule has 0 aliphatic carbocycles. The smallest absolute Gasteiger partial charge is 0.416 e. The van der Waals surface area contributed by atoms with Crippen LogP contribution in [0.1, 0.15) is 5.56 Å². The van der Waals surface area contributed by atoms with E-state index in [1.54, 1.807) is 6.07 Å². The van der Waals surface area contributed by atoms with Gasteiger partial charge in [0.1, 0.15) is 12.1 Å². The summed E-state index contributed by atoms with van der Waals surface area (Å²) < 4.78 is 55.0. The van der Waals surface area contributed by atoms with Crippen molar-refractivity contribution in [1.82, 2.24) is 9.97 Å². The molecule has 3 aromatic rings. The largest absolute Gasteiger partial charge is 0.493 e. The molecule has 6 nitrogen and oxygen atoms in total. The molecule has 0 unspecified atom stereocenters. The quantitative estimate of drug-likeness (QED) is 0.708. The van der Waals surface area contributed by atoms with Crippen molar-refractivity contribution < 1.29 is 27.4 Å². The van der Waals surface area contributed by atoms with E-state index in [2.05, 4.69) is 15.3 Å². The highest BCUT2D eigenvalue weighted by molar-refractivity contribution is 5.99. The fourth-order valence-corrected chi connectivity index (χ4v) is 2.69. The van der Waals surface area contributed by atoms with Gasteiger partial charge < -0.3 is 19.5 Å². The molecule has 0 amide bonds. The number of benzene rings is 2. The van der Waals surface area contributed by atoms with E-state index in [-0.39, 0.29) is 11.5 Å². The van der Waals surface area contributed by atoms with Crippen molar-refractivity contribution in [2.75, 3.05) is 26.6 Å². The highest BCUT2D eigenvalue weighted by Gasteiger charge is 2.30. The van der Waals surface area contributed by atoms with Gasteiger partial charge in [-0.05, 0) is 18.2 Å². The van der Waals surface area contributed by atoms with Crippen LogP contribution in [0.15, 0.2) is 36.7 Å². The van der Waals surface area contributed by atoms with Gasteiger partial charge >= 0.3 is 6.18 Å². The summed E-state index contributed by atoms with van der Waals surface area (Å²) in [7, 11) is 4.37. The van der Waals surface area contributed by atoms with Crippen LogP contribution in [0, 0.1) is 0 Å². The summed E-state index contributed by atoms with van der Waals surface area (Å²) in [4.78, 5) is 8.34. The molecule has 2 aromatic carbocycles. The minimum atomic E-state index is -4.44. The summed E-state index contributed by atoms with van der Waals surface area (Å²) in [6, 6.07) is 6.46. The maximum Gasteiger partial charge on any atom is 0.416 e. The summed E-state index contributed by atoms with van der Waals surface area (Å²) in [5.41, 5.74) is -0.0623. The Balaban J connectivity index is 2.16. The third-order valence-electron chi connectivity index (χ3n) is 3.88. The number of methoxy groups -OCH3 is 3. The van der Waals surface area contributed by atoms with Crippen molar-refractivity contribution in [3.8, 4) is 17.2 Å². The van der Waals surface area contributed by atoms with Gasteiger partial charge in [-0.2, -0.15) is 13.2 Å². The fourth-order valence-electron chi connectivity index (χ4n) is 2.69. The van der Waals surface area contributed by atoms with Gasteiger partial charge in [-0.3, -0.25) is 0 Å². The minimum absolute atomic E-state index is 0.224. The second-order valence-corrected chi connectivity index (χ2v) is 5.47. The van der Waals surface area contributed by atoms with E-state index in [1.165, 1.54) is 39.8 Å². The molecule has 0 aliphatic rings. The van der Waals surface area contributed by atoms with Gasteiger partial charge in [0.2, 0.25) is 5.75 Å². The number of hydrogen-bond acceptors (Lipinski definition) is 6. The zero-order valence-corrected chi connectivity index (χ0v) is 14.7. The molecule has 0 spiro atoms. The molecule has 142 valence electrons. The predicted octanol–water partition coefficient (Wildman–Crippen LogP) is 4.42. The number of alkyl halides is 3. The third kappa shape index (κ3) is 3.53. The Morgan fingerprint density at radius 2 is 1.67 bits per heavy atom. The number of ether oxygens (including phenoxy) is 3. The van der Waals surface area contributed by atoms with Crippen molar-refractivity contribution in [2.45, 2.75) is 6.18 Å². The first-order valence-electron chi connectivity index (χ1n) is 7.77. The Bertz CT molecular complexity index is 977. The van der Waals surface area contributed by atoms with Crippen LogP contribution in [0.3, 0.4) is 0 Å². The summed E-state index contributed by atoms with van der Waals surface area (Å²) in [5.74, 6) is 1.32. The molecule has 3 rings (SSSR count). The summed E-state index contributed by atoms with van der Waals surface area (Å²) in [5, 5.41) is 3.35. The van der Waals surface area contributed by atoms with Crippen molar-refractivity contribution in [3.05, 3.63) is 42.2 Å². The molecule has 0 saturated carbocycles. The van der Waals surface area contributed by atoms with Gasteiger partial charge in [0.15, 0.2) is 11.5 Å². The Morgan fingerprint density at radius 1 is 0.926 bits per heavy atom. The SMILES string of the molecule is COc1cc2ncnc(Nc3cccc(C(F)(F)F)c3)c2c(OC)c1OC. The van der Waals surface area contributed by atoms with Gasteiger partial charge in [0.25, 0.3) is 0 Å². The molecule has 0 saturated heterocycles. The molecule has 9 heteroatoms. The van der Waals surface area contributed by atoms with E-state index in [4.69, 9.17) is 14.2 Å². The number of nitrogens with zero attached hydrogens (tertiary/aromatic N) is 2. The lowest BCUT2D eigenvalue weighted by atomic mass is 10.1. The van der Waals surface area contributed by atoms with E-state index in [0.29, 0.717) is 28.2 Å². The van der Waals surface area contributed by atoms with E-state index in [0.717, 1.165) is 12.1 Å². The molecular formula is C18H16F3N3O3. The van der Waals surface area contributed by atoms with Crippen LogP contribution in [-0.2, 0) is 6.18 Å². The van der Waals surface area contributed by atoms with Gasteiger partial charge in [0.05, 0.1) is 37.8 Å². The highest BCUT2D eigenvalue weighted by atomic mass is 19.4. The zero-order valence-electron chi connectivity index (χ0n) is 14.7. The topological polar surface area (TPSA) is 65.5 Å². The lowest BCUT2D eigenvalue weighted by Crippen LogP contribution is -2.06. The van der Waals surface area contributed by atoms with Crippen LogP contribution >= 0.6 is 0 Å². The summed E-state index contributed by atoms with van der Waals surface area (Å²) in [6.45, 7) is 0. The first-order chi connectivity index (χ1) is 12.9. The Kier molecular flexibility index (Phi) is 4.93. The Morgan fingerprint density at radius 3 is 2.30 bits per heavy atom. The normalized spacial score (nSPS) is 11.3. The maximum absolute atomic E-state index is 13.0. The lowest BCUT2D eigenvalue weighted by molar-refractivity contribution is -0.137. The standard InChI is InChI=1S/C18H16F3N3O3/c1-25-13-8-12-14(16(27-3)15(13)26-2)17(23-9-22-12)24-11-6-4-5-10(7-11)18(19,20)21/h4-9H,1-3H3,(H,22,23,24). The molecule has 27 heavy (non-hydrogen) atoms. The molecule has 0 fully saturated rings. The minimum Gasteiger partial charge on any atom is -0.493 e. The van der Waals surface area contributed by atoms with Crippen LogP contribution in [0.4, 0.5) is 24.7 Å². The molecule has 1 heterocycles. The number of anilines is 2. The Hall–Kier alpha value is -3.23. The molecule has 1 N–H and O–H groups in total. The van der Waals surface area contributed by atoms with E-state index in [9.17, 15) is 13.2 Å². The van der Waals surface area contributed by atoms with Crippen molar-refractivity contribution in [1.29, 1.82) is 0 Å². The van der Waals surface area contributed by atoms with E-state index >= 15 is 0 Å². The molecule has 0 bridgehead atoms. The van der Waals surface area contributed by atoms with E-state index < -0.39 is 11.7 Å². The van der Waals surface area contributed by atoms with Crippen molar-refractivity contribution in [3.63, 3.8) is 0 Å². The zero-order chi connectivity index (χ0) is 19.6. The number of fused-ring (bicyclic) bond motifs is 1. The van der Waals surface area contributed by atoms with Gasteiger partial charge in [0, 0.05) is 11.8 Å². The first-order valence-corrected chi connectivity index (χ1v) is 7.77.